The van der Waals surface area contributed by atoms with E-state index in [4.69, 9.17) is 14.3 Å². The first-order chi connectivity index (χ1) is 20.4. The lowest BCUT2D eigenvalue weighted by Gasteiger charge is -2.26. The predicted molar refractivity (Wildman–Crippen MR) is 140 cm³/mol. The number of benzene rings is 1. The maximum Gasteiger partial charge on any atom is 0.419 e. The third-order valence-electron chi connectivity index (χ3n) is 7.88. The molecular weight excluding hydrogens is 580 g/mol. The number of alkyl halides is 3. The second kappa shape index (κ2) is 12.1. The Labute approximate surface area is 244 Å². The number of nitrogens with one attached hydrogen (secondary N) is 2. The van der Waals surface area contributed by atoms with E-state index in [1.165, 1.54) is 0 Å². The van der Waals surface area contributed by atoms with E-state index in [9.17, 15) is 36.7 Å². The van der Waals surface area contributed by atoms with Crippen molar-refractivity contribution in [3.63, 3.8) is 0 Å². The Morgan fingerprint density at radius 2 is 1.98 bits per heavy atom. The summed E-state index contributed by atoms with van der Waals surface area (Å²) in [4.78, 5) is 59.0. The standard InChI is InChI=1S/C28H32F4N4O7/c1-2-3-20(23(37)25(39)33-16-5-6-16)34-24(38)22-12-27(14-36(22)26(40)42-17-8-9-41-13-17)11-21(35-43-27)15-4-7-19(29)18(10-15)28(30,31)32/h4,7,10,16-17,20,22H,2-3,5-6,8-9,11-14H2,1H3,(H,33,39)(H,34,38)/t17-,20-,22-,27+/m0/s1. The van der Waals surface area contributed by atoms with Crippen LogP contribution in [0.4, 0.5) is 22.4 Å². The van der Waals surface area contributed by atoms with Crippen LogP contribution in [0, 0.1) is 5.82 Å². The van der Waals surface area contributed by atoms with Gasteiger partial charge in [0.05, 0.1) is 37.1 Å². The lowest BCUT2D eigenvalue weighted by Crippen LogP contribution is -2.53. The Hall–Kier alpha value is -3.75. The molecule has 11 nitrogen and oxygen atoms in total. The normalized spacial score (nSPS) is 25.7. The number of Topliss-reactive ketones (excluding diaryl/α,β-unsaturated/α-hetero) is 1. The number of hydrogen-bond acceptors (Lipinski definition) is 8. The van der Waals surface area contributed by atoms with Gasteiger partial charge in [-0.1, -0.05) is 24.6 Å². The number of ketones is 1. The smallest absolute Gasteiger partial charge is 0.419 e. The molecule has 1 aliphatic carbocycles. The zero-order chi connectivity index (χ0) is 30.9. The van der Waals surface area contributed by atoms with Crippen LogP contribution in [0.3, 0.4) is 0 Å². The minimum Gasteiger partial charge on any atom is -0.444 e. The topological polar surface area (TPSA) is 136 Å². The molecule has 2 saturated heterocycles. The Morgan fingerprint density at radius 3 is 2.63 bits per heavy atom. The molecule has 2 N–H and O–H groups in total. The Balaban J connectivity index is 1.34. The highest BCUT2D eigenvalue weighted by Gasteiger charge is 2.55. The lowest BCUT2D eigenvalue weighted by molar-refractivity contribution is -0.140. The van der Waals surface area contributed by atoms with Crippen LogP contribution in [0.1, 0.15) is 63.0 Å². The summed E-state index contributed by atoms with van der Waals surface area (Å²) in [7, 11) is 0. The predicted octanol–water partition coefficient (Wildman–Crippen LogP) is 2.84. The first-order valence-corrected chi connectivity index (χ1v) is 14.2. The number of nitrogens with zero attached hydrogens (tertiary/aromatic N) is 2. The third-order valence-corrected chi connectivity index (χ3v) is 7.88. The van der Waals surface area contributed by atoms with Crippen LogP contribution >= 0.6 is 0 Å². The number of halogens is 4. The molecule has 1 saturated carbocycles. The van der Waals surface area contributed by atoms with Crippen LogP contribution in [0.15, 0.2) is 23.4 Å². The molecule has 5 rings (SSSR count). The number of carbonyl (C=O) groups excluding carboxylic acids is 4. The van der Waals surface area contributed by atoms with Crippen molar-refractivity contribution in [3.8, 4) is 0 Å². The fourth-order valence-corrected chi connectivity index (χ4v) is 5.45. The first-order valence-electron chi connectivity index (χ1n) is 14.2. The fourth-order valence-electron chi connectivity index (χ4n) is 5.45. The summed E-state index contributed by atoms with van der Waals surface area (Å²) in [6.07, 6.45) is -3.85. The molecule has 15 heteroatoms. The van der Waals surface area contributed by atoms with E-state index in [0.717, 1.165) is 23.8 Å². The van der Waals surface area contributed by atoms with Crippen LogP contribution in [-0.4, -0.2) is 83.9 Å². The molecule has 3 aliphatic heterocycles. The molecule has 1 aromatic rings. The highest BCUT2D eigenvalue weighted by Crippen LogP contribution is 2.40. The molecule has 0 radical (unpaired) electrons. The second-order valence-electron chi connectivity index (χ2n) is 11.4. The molecule has 0 bridgehead atoms. The van der Waals surface area contributed by atoms with Gasteiger partial charge in [-0.05, 0) is 31.4 Å². The summed E-state index contributed by atoms with van der Waals surface area (Å²) >= 11 is 0. The van der Waals surface area contributed by atoms with Crippen LogP contribution in [0.5, 0.6) is 0 Å². The summed E-state index contributed by atoms with van der Waals surface area (Å²) in [5, 5.41) is 9.17. The Kier molecular flexibility index (Phi) is 8.63. The maximum absolute atomic E-state index is 13.9. The molecule has 3 fully saturated rings. The number of carbonyl (C=O) groups is 4. The molecule has 4 aliphatic rings. The minimum atomic E-state index is -4.93. The van der Waals surface area contributed by atoms with Crippen LogP contribution in [0.2, 0.25) is 0 Å². The van der Waals surface area contributed by atoms with Gasteiger partial charge in [-0.2, -0.15) is 13.2 Å². The molecule has 3 amide bonds. The van der Waals surface area contributed by atoms with Gasteiger partial charge in [0.25, 0.3) is 5.91 Å². The first kappa shape index (κ1) is 30.7. The van der Waals surface area contributed by atoms with Crippen LogP contribution in [-0.2, 0) is 34.9 Å². The molecule has 0 aromatic heterocycles. The van der Waals surface area contributed by atoms with Gasteiger partial charge in [0.2, 0.25) is 11.7 Å². The summed E-state index contributed by atoms with van der Waals surface area (Å²) in [6.45, 7) is 2.16. The number of amides is 3. The molecule has 3 heterocycles. The molecular formula is C28H32F4N4O7. The largest absolute Gasteiger partial charge is 0.444 e. The van der Waals surface area contributed by atoms with E-state index in [1.807, 2.05) is 0 Å². The van der Waals surface area contributed by atoms with Gasteiger partial charge < -0.3 is 24.9 Å². The van der Waals surface area contributed by atoms with Crippen molar-refractivity contribution >= 4 is 29.4 Å². The van der Waals surface area contributed by atoms with Crippen molar-refractivity contribution in [1.29, 1.82) is 0 Å². The quantitative estimate of drug-likeness (QED) is 0.324. The van der Waals surface area contributed by atoms with Crippen molar-refractivity contribution in [3.05, 3.63) is 35.1 Å². The zero-order valence-electron chi connectivity index (χ0n) is 23.4. The van der Waals surface area contributed by atoms with Crippen molar-refractivity contribution in [2.45, 2.75) is 87.9 Å². The van der Waals surface area contributed by atoms with Gasteiger partial charge in [-0.25, -0.2) is 9.18 Å². The van der Waals surface area contributed by atoms with E-state index >= 15 is 0 Å². The monoisotopic (exact) mass is 612 g/mol. The molecule has 0 unspecified atom stereocenters. The summed E-state index contributed by atoms with van der Waals surface area (Å²) in [5.41, 5.74) is -2.70. The number of hydrogen-bond donors (Lipinski definition) is 2. The van der Waals surface area contributed by atoms with Crippen molar-refractivity contribution in [2.75, 3.05) is 19.8 Å². The van der Waals surface area contributed by atoms with Gasteiger partial charge in [0.15, 0.2) is 5.60 Å². The van der Waals surface area contributed by atoms with E-state index in [0.29, 0.717) is 31.6 Å². The van der Waals surface area contributed by atoms with Crippen molar-refractivity contribution < 1.29 is 51.1 Å². The van der Waals surface area contributed by atoms with E-state index in [-0.39, 0.29) is 49.7 Å². The Morgan fingerprint density at radius 1 is 1.21 bits per heavy atom. The van der Waals surface area contributed by atoms with Crippen molar-refractivity contribution in [1.82, 2.24) is 15.5 Å². The average Bonchev–Trinajstić information content (AvgIpc) is 3.32. The summed E-state index contributed by atoms with van der Waals surface area (Å²) in [6, 6.07) is 0.0667. The maximum atomic E-state index is 13.9. The highest BCUT2D eigenvalue weighted by molar-refractivity contribution is 6.38. The third kappa shape index (κ3) is 6.92. The number of oxime groups is 1. The van der Waals surface area contributed by atoms with Gasteiger partial charge in [0.1, 0.15) is 18.0 Å². The van der Waals surface area contributed by atoms with E-state index in [1.54, 1.807) is 6.92 Å². The van der Waals surface area contributed by atoms with Gasteiger partial charge in [-0.3, -0.25) is 19.3 Å². The highest BCUT2D eigenvalue weighted by atomic mass is 19.4. The van der Waals surface area contributed by atoms with E-state index < -0.39 is 65.0 Å². The summed E-state index contributed by atoms with van der Waals surface area (Å²) in [5.74, 6) is -3.75. The van der Waals surface area contributed by atoms with Crippen molar-refractivity contribution in [2.24, 2.45) is 5.16 Å². The lowest BCUT2D eigenvalue weighted by atomic mass is 9.91. The van der Waals surface area contributed by atoms with Gasteiger partial charge in [0, 0.05) is 30.9 Å². The molecule has 1 spiro atoms. The van der Waals surface area contributed by atoms with Crippen LogP contribution < -0.4 is 10.6 Å². The molecule has 43 heavy (non-hydrogen) atoms. The van der Waals surface area contributed by atoms with Gasteiger partial charge in [-0.15, -0.1) is 0 Å². The summed E-state index contributed by atoms with van der Waals surface area (Å²) < 4.78 is 64.6. The van der Waals surface area contributed by atoms with Gasteiger partial charge >= 0.3 is 12.3 Å². The molecule has 4 atom stereocenters. The Bertz CT molecular complexity index is 1310. The second-order valence-corrected chi connectivity index (χ2v) is 11.4. The van der Waals surface area contributed by atoms with E-state index in [2.05, 4.69) is 15.8 Å². The zero-order valence-corrected chi connectivity index (χ0v) is 23.4. The fraction of sp³-hybridized carbons (Fsp3) is 0.607. The number of rotatable bonds is 9. The molecule has 234 valence electrons. The SMILES string of the molecule is CCC[C@H](NC(=O)[C@@H]1C[C@]2(CC(c3ccc(F)c(C(F)(F)F)c3)=NO2)CN1C(=O)O[C@H]1CCOC1)C(=O)C(=O)NC1CC1. The number of ether oxygens (including phenoxy) is 2. The number of likely N-dealkylation sites (tertiary alicyclic amines) is 1. The molecule has 1 aromatic carbocycles. The van der Waals surface area contributed by atoms with Crippen LogP contribution in [0.25, 0.3) is 0 Å². The minimum absolute atomic E-state index is 0.0222. The average molecular weight is 613 g/mol.